The van der Waals surface area contributed by atoms with E-state index in [0.29, 0.717) is 32.4 Å². The van der Waals surface area contributed by atoms with Crippen molar-refractivity contribution in [3.63, 3.8) is 0 Å². The second kappa shape index (κ2) is 11.1. The van der Waals surface area contributed by atoms with E-state index in [1.165, 1.54) is 4.90 Å². The van der Waals surface area contributed by atoms with Gasteiger partial charge in [0, 0.05) is 6.85 Å². The number of hydrogen-bond acceptors (Lipinski definition) is 2. The summed E-state index contributed by atoms with van der Waals surface area (Å²) in [4.78, 5) is 1.45. The molecule has 0 fully saturated rings. The van der Waals surface area contributed by atoms with E-state index < -0.39 is 13.3 Å². The smallest absolute Gasteiger partial charge is 0.115 e. The van der Waals surface area contributed by atoms with Crippen molar-refractivity contribution in [2.24, 2.45) is 0 Å². The Hall–Kier alpha value is -1.51. The van der Waals surface area contributed by atoms with Crippen LogP contribution in [0.5, 0.6) is 5.75 Å². The Labute approximate surface area is 153 Å². The van der Waals surface area contributed by atoms with E-state index in [0.717, 1.165) is 17.5 Å². The first kappa shape index (κ1) is 12.9. The molecule has 2 nitrogen and oxygen atoms in total. The van der Waals surface area contributed by atoms with Gasteiger partial charge in [0.25, 0.3) is 0 Å². The van der Waals surface area contributed by atoms with Crippen LogP contribution in [0.4, 0.5) is 0 Å². The Morgan fingerprint density at radius 2 is 1.48 bits per heavy atom. The van der Waals surface area contributed by atoms with Crippen molar-refractivity contribution < 1.29 is 12.0 Å². The number of aromatic hydroxyl groups is 1. The number of phenolic OH excluding ortho intramolecular Hbond substituents is 1. The number of phenols is 1. The molecule has 0 saturated carbocycles. The zero-order valence-electron chi connectivity index (χ0n) is 18.2. The first-order valence-corrected chi connectivity index (χ1v) is 7.77. The number of rotatable bonds is 9. The molecule has 23 heavy (non-hydrogen) atoms. The first-order valence-electron chi connectivity index (χ1n) is 10.3. The fourth-order valence-corrected chi connectivity index (χ4v) is 2.48. The average Bonchev–Trinajstić information content (AvgIpc) is 2.62. The Bertz CT molecular complexity index is 692. The van der Waals surface area contributed by atoms with Crippen molar-refractivity contribution in [1.82, 2.24) is 4.90 Å². The van der Waals surface area contributed by atoms with Crippen molar-refractivity contribution in [3.8, 4) is 5.75 Å². The lowest BCUT2D eigenvalue weighted by atomic mass is 10.1. The predicted octanol–water partition coefficient (Wildman–Crippen LogP) is 4.70. The summed E-state index contributed by atoms with van der Waals surface area (Å²) in [6.45, 7) is -4.31. The normalized spacial score (nSPS) is 14.9. The van der Waals surface area contributed by atoms with Crippen molar-refractivity contribution >= 4 is 12.4 Å². The Morgan fingerprint density at radius 1 is 0.913 bits per heavy atom. The molecule has 0 atom stereocenters. The van der Waals surface area contributed by atoms with Crippen LogP contribution in [0, 0.1) is 0 Å². The maximum atomic E-state index is 9.34. The van der Waals surface area contributed by atoms with Gasteiger partial charge in [0.15, 0.2) is 0 Å². The second-order valence-electron chi connectivity index (χ2n) is 5.46. The first-order chi connectivity index (χ1) is 12.7. The summed E-state index contributed by atoms with van der Waals surface area (Å²) in [6, 6.07) is 16.8. The maximum Gasteiger partial charge on any atom is 0.115 e. The minimum atomic E-state index is -2.70. The van der Waals surface area contributed by atoms with E-state index in [1.54, 1.807) is 12.1 Å². The number of hydrogen-bond donors (Lipinski definition) is 1. The van der Waals surface area contributed by atoms with Crippen LogP contribution in [0.2, 0.25) is 0 Å². The second-order valence-corrected chi connectivity index (χ2v) is 5.46. The maximum absolute atomic E-state index is 9.34. The molecule has 2 rings (SSSR count). The van der Waals surface area contributed by atoms with Gasteiger partial charge in [-0.05, 0) is 68.5 Å². The van der Waals surface area contributed by atoms with Gasteiger partial charge >= 0.3 is 0 Å². The molecule has 3 heteroatoms. The lowest BCUT2D eigenvalue weighted by molar-refractivity contribution is 0.281. The van der Waals surface area contributed by atoms with Gasteiger partial charge in [-0.25, -0.2) is 0 Å². The van der Waals surface area contributed by atoms with Crippen LogP contribution in [0.1, 0.15) is 37.7 Å². The van der Waals surface area contributed by atoms with E-state index in [4.69, 9.17) is 6.85 Å². The third-order valence-corrected chi connectivity index (χ3v) is 3.72. The zero-order chi connectivity index (χ0) is 19.9. The summed E-state index contributed by atoms with van der Waals surface area (Å²) >= 11 is 0. The summed E-state index contributed by atoms with van der Waals surface area (Å²) in [5, 5.41) is 9.34. The molecule has 0 unspecified atom stereocenters. The van der Waals surface area contributed by atoms with Gasteiger partial charge in [-0.2, -0.15) is 0 Å². The number of benzene rings is 2. The quantitative estimate of drug-likeness (QED) is 0.716. The molecule has 2 aromatic carbocycles. The van der Waals surface area contributed by atoms with Crippen molar-refractivity contribution in [2.75, 3.05) is 19.6 Å². The van der Waals surface area contributed by atoms with Gasteiger partial charge in [-0.15, -0.1) is 12.4 Å². The van der Waals surface area contributed by atoms with Gasteiger partial charge in [-0.3, -0.25) is 0 Å². The van der Waals surface area contributed by atoms with Gasteiger partial charge in [-0.1, -0.05) is 49.3 Å². The summed E-state index contributed by atoms with van der Waals surface area (Å²) in [6.07, 6.45) is 2.82. The van der Waals surface area contributed by atoms with Crippen LogP contribution < -0.4 is 0 Å². The molecule has 0 bridgehead atoms. The van der Waals surface area contributed by atoms with E-state index in [1.807, 2.05) is 42.5 Å². The number of aryl methyl sites for hydroxylation is 2. The molecular formula is C20H28ClNO. The molecule has 0 aliphatic rings. The molecule has 126 valence electrons. The van der Waals surface area contributed by atoms with Crippen LogP contribution in [0.25, 0.3) is 0 Å². The molecule has 0 radical (unpaired) electrons. The minimum absolute atomic E-state index is 0. The van der Waals surface area contributed by atoms with Crippen molar-refractivity contribution in [3.05, 3.63) is 65.7 Å². The van der Waals surface area contributed by atoms with Gasteiger partial charge in [0.05, 0.1) is 0 Å². The van der Waals surface area contributed by atoms with Crippen LogP contribution in [-0.2, 0) is 12.8 Å². The number of halogens is 1. The fourth-order valence-electron chi connectivity index (χ4n) is 2.48. The third kappa shape index (κ3) is 7.54. The summed E-state index contributed by atoms with van der Waals surface area (Å²) in [7, 11) is 0. The Kier molecular flexibility index (Phi) is 6.20. The minimum Gasteiger partial charge on any atom is -0.508 e. The molecule has 1 N–H and O–H groups in total. The lowest BCUT2D eigenvalue weighted by Gasteiger charge is -2.20. The third-order valence-electron chi connectivity index (χ3n) is 3.72. The van der Waals surface area contributed by atoms with E-state index in [2.05, 4.69) is 0 Å². The van der Waals surface area contributed by atoms with Crippen molar-refractivity contribution in [1.29, 1.82) is 0 Å². The SMILES string of the molecule is Cl.[2H]C([2H])([2H])C([2H])([2H])N(CCCc1ccccc1)CCCc1ccc(O)cc1. The van der Waals surface area contributed by atoms with Crippen LogP contribution >= 0.6 is 12.4 Å². The largest absolute Gasteiger partial charge is 0.508 e. The molecule has 0 aromatic heterocycles. The molecule has 0 aliphatic heterocycles. The highest BCUT2D eigenvalue weighted by Crippen LogP contribution is 2.11. The van der Waals surface area contributed by atoms with Crippen LogP contribution in [0.3, 0.4) is 0 Å². The Morgan fingerprint density at radius 3 is 2.04 bits per heavy atom. The van der Waals surface area contributed by atoms with E-state index >= 15 is 0 Å². The molecule has 0 saturated heterocycles. The molecule has 0 amide bonds. The van der Waals surface area contributed by atoms with Gasteiger partial charge < -0.3 is 10.0 Å². The number of nitrogens with zero attached hydrogens (tertiary/aromatic N) is 1. The van der Waals surface area contributed by atoms with E-state index in [9.17, 15) is 5.11 Å². The van der Waals surface area contributed by atoms with Crippen LogP contribution in [0.15, 0.2) is 54.6 Å². The summed E-state index contributed by atoms with van der Waals surface area (Å²) in [5.74, 6) is 0.208. The summed E-state index contributed by atoms with van der Waals surface area (Å²) < 4.78 is 39.0. The fraction of sp³-hybridized carbons (Fsp3) is 0.400. The monoisotopic (exact) mass is 338 g/mol. The highest BCUT2D eigenvalue weighted by molar-refractivity contribution is 5.85. The predicted molar refractivity (Wildman–Crippen MR) is 101 cm³/mol. The van der Waals surface area contributed by atoms with Gasteiger partial charge in [0.2, 0.25) is 0 Å². The Balaban J connectivity index is 0.00000392. The molecule has 0 heterocycles. The molecule has 2 aromatic rings. The molecular weight excluding hydrogens is 306 g/mol. The highest BCUT2D eigenvalue weighted by atomic mass is 35.5. The average molecular weight is 339 g/mol. The summed E-state index contributed by atoms with van der Waals surface area (Å²) in [5.41, 5.74) is 2.20. The van der Waals surface area contributed by atoms with Crippen molar-refractivity contribution in [2.45, 2.75) is 32.5 Å². The standard InChI is InChI=1S/C20H27NO.ClH/c1-2-21(16-6-10-18-8-4-3-5-9-18)17-7-11-19-12-14-20(22)15-13-19;/h3-5,8-9,12-15,22H,2,6-7,10-11,16-17H2,1H3;1H/i1D3,2D2;. The topological polar surface area (TPSA) is 23.5 Å². The molecule has 0 spiro atoms. The highest BCUT2D eigenvalue weighted by Gasteiger charge is 2.03. The van der Waals surface area contributed by atoms with E-state index in [-0.39, 0.29) is 18.2 Å². The van der Waals surface area contributed by atoms with Crippen LogP contribution in [-0.4, -0.2) is 29.6 Å². The lowest BCUT2D eigenvalue weighted by Crippen LogP contribution is -2.26. The molecule has 0 aliphatic carbocycles. The van der Waals surface area contributed by atoms with Gasteiger partial charge in [0.1, 0.15) is 5.75 Å². The zero-order valence-corrected chi connectivity index (χ0v) is 14.1.